The molecule has 0 saturated heterocycles. The van der Waals surface area contributed by atoms with Gasteiger partial charge in [0.25, 0.3) is 0 Å². The monoisotopic (exact) mass is 478 g/mol. The number of nitrogens with one attached hydrogen (secondary N) is 1. The zero-order valence-electron chi connectivity index (χ0n) is 18.9. The maximum atomic E-state index is 13.4. The molecule has 5 nitrogen and oxygen atoms in total. The number of amides is 1. The number of thiophene rings is 1. The molecular formula is C26H30N4OS2. The van der Waals surface area contributed by atoms with E-state index >= 15 is 0 Å². The smallest absolute Gasteiger partial charge is 0.233 e. The van der Waals surface area contributed by atoms with E-state index in [1.54, 1.807) is 11.3 Å². The number of aromatic nitrogens is 3. The number of rotatable bonds is 7. The van der Waals surface area contributed by atoms with Crippen LogP contribution in [0.2, 0.25) is 0 Å². The van der Waals surface area contributed by atoms with Gasteiger partial charge < -0.3 is 5.32 Å². The second-order valence-electron chi connectivity index (χ2n) is 10.3. The molecule has 4 aliphatic carbocycles. The van der Waals surface area contributed by atoms with E-state index in [4.69, 9.17) is 0 Å². The Bertz CT molecular complexity index is 1090. The number of hydrogen-bond acceptors (Lipinski definition) is 5. The van der Waals surface area contributed by atoms with Crippen LogP contribution in [0.4, 0.5) is 0 Å². The Morgan fingerprint density at radius 1 is 1.09 bits per heavy atom. The Hall–Kier alpha value is -2.12. The van der Waals surface area contributed by atoms with Crippen molar-refractivity contribution in [1.29, 1.82) is 0 Å². The summed E-state index contributed by atoms with van der Waals surface area (Å²) in [5.41, 5.74) is 1.07. The number of carbonyl (C=O) groups excluding carboxylic acids is 1. The highest BCUT2D eigenvalue weighted by molar-refractivity contribution is 8.00. The maximum Gasteiger partial charge on any atom is 0.233 e. The predicted octanol–water partition coefficient (Wildman–Crippen LogP) is 5.49. The van der Waals surface area contributed by atoms with E-state index in [1.165, 1.54) is 55.2 Å². The minimum atomic E-state index is -0.223. The minimum absolute atomic E-state index is 0.0398. The Balaban J connectivity index is 1.21. The highest BCUT2D eigenvalue weighted by Crippen LogP contribution is 2.55. The van der Waals surface area contributed by atoms with Crippen LogP contribution in [0, 0.1) is 17.8 Å². The SMILES string of the molecule is CC(Sc1nnc(Cc2cccs2)n1-c1ccccc1)C(=O)NC12CC3CC(CC(C3)C1)C2. The summed E-state index contributed by atoms with van der Waals surface area (Å²) in [6, 6.07) is 14.4. The van der Waals surface area contributed by atoms with Crippen LogP contribution in [0.3, 0.4) is 0 Å². The number of nitrogens with zero attached hydrogens (tertiary/aromatic N) is 3. The molecule has 1 unspecified atom stereocenters. The molecule has 33 heavy (non-hydrogen) atoms. The zero-order valence-corrected chi connectivity index (χ0v) is 20.6. The molecule has 1 atom stereocenters. The summed E-state index contributed by atoms with van der Waals surface area (Å²) in [5, 5.41) is 15.2. The van der Waals surface area contributed by atoms with Gasteiger partial charge in [-0.25, -0.2) is 0 Å². The average molecular weight is 479 g/mol. The van der Waals surface area contributed by atoms with Crippen LogP contribution in [-0.2, 0) is 11.2 Å². The van der Waals surface area contributed by atoms with Crippen LogP contribution < -0.4 is 5.32 Å². The first-order valence-electron chi connectivity index (χ1n) is 12.1. The number of benzene rings is 1. The van der Waals surface area contributed by atoms with Crippen LogP contribution in [0.5, 0.6) is 0 Å². The topological polar surface area (TPSA) is 59.8 Å². The summed E-state index contributed by atoms with van der Waals surface area (Å²) >= 11 is 3.24. The van der Waals surface area contributed by atoms with Gasteiger partial charge in [-0.3, -0.25) is 9.36 Å². The van der Waals surface area contributed by atoms with E-state index in [0.717, 1.165) is 40.8 Å². The lowest BCUT2D eigenvalue weighted by molar-refractivity contribution is -0.126. The summed E-state index contributed by atoms with van der Waals surface area (Å²) < 4.78 is 2.11. The van der Waals surface area contributed by atoms with Crippen molar-refractivity contribution in [2.75, 3.05) is 0 Å². The van der Waals surface area contributed by atoms with E-state index in [-0.39, 0.29) is 16.7 Å². The first-order chi connectivity index (χ1) is 16.1. The third kappa shape index (κ3) is 4.26. The highest BCUT2D eigenvalue weighted by Gasteiger charge is 2.51. The molecule has 4 fully saturated rings. The summed E-state index contributed by atoms with van der Waals surface area (Å²) in [6.45, 7) is 2.00. The van der Waals surface area contributed by atoms with Crippen molar-refractivity contribution in [3.63, 3.8) is 0 Å². The van der Waals surface area contributed by atoms with Crippen molar-refractivity contribution >= 4 is 29.0 Å². The van der Waals surface area contributed by atoms with Gasteiger partial charge in [-0.05, 0) is 86.8 Å². The van der Waals surface area contributed by atoms with Crippen LogP contribution in [-0.4, -0.2) is 31.5 Å². The number of thioether (sulfide) groups is 1. The van der Waals surface area contributed by atoms with Gasteiger partial charge in [-0.2, -0.15) is 0 Å². The molecule has 3 aromatic rings. The number of hydrogen-bond donors (Lipinski definition) is 1. The summed E-state index contributed by atoms with van der Waals surface area (Å²) in [5.74, 6) is 3.51. The van der Waals surface area contributed by atoms with Gasteiger partial charge in [0.2, 0.25) is 5.91 Å². The minimum Gasteiger partial charge on any atom is -0.350 e. The van der Waals surface area contributed by atoms with Gasteiger partial charge in [0.15, 0.2) is 5.16 Å². The fraction of sp³-hybridized carbons (Fsp3) is 0.500. The molecule has 0 radical (unpaired) electrons. The van der Waals surface area contributed by atoms with Crippen molar-refractivity contribution in [2.45, 2.75) is 67.8 Å². The lowest BCUT2D eigenvalue weighted by Gasteiger charge is -2.57. The maximum absolute atomic E-state index is 13.4. The summed E-state index contributed by atoms with van der Waals surface area (Å²) in [6.07, 6.45) is 8.40. The molecule has 172 valence electrons. The van der Waals surface area contributed by atoms with Crippen molar-refractivity contribution in [2.24, 2.45) is 17.8 Å². The molecule has 2 aromatic heterocycles. The van der Waals surface area contributed by atoms with Crippen LogP contribution in [0.25, 0.3) is 5.69 Å². The molecule has 2 heterocycles. The molecule has 4 saturated carbocycles. The lowest BCUT2D eigenvalue weighted by Crippen LogP contribution is -2.60. The molecule has 4 bridgehead atoms. The van der Waals surface area contributed by atoms with Crippen molar-refractivity contribution in [1.82, 2.24) is 20.1 Å². The summed E-state index contributed by atoms with van der Waals surface area (Å²) in [4.78, 5) is 14.6. The molecule has 4 aliphatic rings. The van der Waals surface area contributed by atoms with Crippen molar-refractivity contribution in [3.05, 3.63) is 58.5 Å². The van der Waals surface area contributed by atoms with E-state index in [9.17, 15) is 4.79 Å². The normalized spacial score (nSPS) is 28.7. The van der Waals surface area contributed by atoms with E-state index in [2.05, 4.69) is 49.7 Å². The van der Waals surface area contributed by atoms with Gasteiger partial charge in [0, 0.05) is 22.5 Å². The highest BCUT2D eigenvalue weighted by atomic mass is 32.2. The van der Waals surface area contributed by atoms with Gasteiger partial charge >= 0.3 is 0 Å². The standard InChI is InChI=1S/C26H30N4OS2/c1-17(24(31)27-26-14-18-10-19(15-26)12-20(11-18)16-26)33-25-29-28-23(13-22-8-5-9-32-22)30(25)21-6-3-2-4-7-21/h2-9,17-20H,10-16H2,1H3,(H,27,31). The number of para-hydroxylation sites is 1. The van der Waals surface area contributed by atoms with E-state index in [1.807, 2.05) is 25.1 Å². The van der Waals surface area contributed by atoms with E-state index in [0.29, 0.717) is 0 Å². The summed E-state index contributed by atoms with van der Waals surface area (Å²) in [7, 11) is 0. The van der Waals surface area contributed by atoms with Crippen LogP contribution >= 0.6 is 23.1 Å². The molecule has 7 rings (SSSR count). The molecule has 0 spiro atoms. The first kappa shape index (κ1) is 21.4. The molecule has 0 aliphatic heterocycles. The van der Waals surface area contributed by atoms with Gasteiger partial charge in [-0.1, -0.05) is 36.0 Å². The third-order valence-electron chi connectivity index (χ3n) is 7.71. The zero-order chi connectivity index (χ0) is 22.4. The van der Waals surface area contributed by atoms with Gasteiger partial charge in [0.05, 0.1) is 5.25 Å². The average Bonchev–Trinajstić information content (AvgIpc) is 3.43. The Morgan fingerprint density at radius 3 is 2.42 bits per heavy atom. The Kier molecular flexibility index (Phi) is 5.57. The largest absolute Gasteiger partial charge is 0.350 e. The van der Waals surface area contributed by atoms with E-state index < -0.39 is 0 Å². The Labute approximate surface area is 203 Å². The fourth-order valence-electron chi connectivity index (χ4n) is 6.73. The second kappa shape index (κ2) is 8.58. The molecule has 1 aromatic carbocycles. The molecule has 1 amide bonds. The Morgan fingerprint density at radius 2 is 1.79 bits per heavy atom. The molecule has 1 N–H and O–H groups in total. The molecular weight excluding hydrogens is 448 g/mol. The number of carbonyl (C=O) groups is 1. The van der Waals surface area contributed by atoms with Crippen molar-refractivity contribution in [3.8, 4) is 5.69 Å². The molecule has 7 heteroatoms. The van der Waals surface area contributed by atoms with Crippen LogP contribution in [0.15, 0.2) is 53.0 Å². The predicted molar refractivity (Wildman–Crippen MR) is 133 cm³/mol. The lowest BCUT2D eigenvalue weighted by atomic mass is 9.53. The van der Waals surface area contributed by atoms with Crippen molar-refractivity contribution < 1.29 is 4.79 Å². The third-order valence-corrected chi connectivity index (χ3v) is 9.62. The fourth-order valence-corrected chi connectivity index (χ4v) is 8.32. The van der Waals surface area contributed by atoms with Crippen LogP contribution in [0.1, 0.15) is 56.2 Å². The quantitative estimate of drug-likeness (QED) is 0.457. The first-order valence-corrected chi connectivity index (χ1v) is 13.8. The van der Waals surface area contributed by atoms with Gasteiger partial charge in [-0.15, -0.1) is 21.5 Å². The second-order valence-corrected chi connectivity index (χ2v) is 12.6. The van der Waals surface area contributed by atoms with Gasteiger partial charge in [0.1, 0.15) is 5.82 Å².